The summed E-state index contributed by atoms with van der Waals surface area (Å²) in [4.78, 5) is 3.95. The van der Waals surface area contributed by atoms with Gasteiger partial charge in [0, 0.05) is 12.1 Å². The first-order valence-electron chi connectivity index (χ1n) is 5.16. The number of pyridine rings is 1. The Bertz CT molecular complexity index is 524. The highest BCUT2D eigenvalue weighted by molar-refractivity contribution is 6.29. The summed E-state index contributed by atoms with van der Waals surface area (Å²) in [7, 11) is 0. The number of anilines is 2. The predicted octanol–water partition coefficient (Wildman–Crippen LogP) is 3.21. The van der Waals surface area contributed by atoms with Crippen molar-refractivity contribution in [2.24, 2.45) is 0 Å². The molecular formula is C12H10ClF2N3. The van der Waals surface area contributed by atoms with E-state index in [1.165, 1.54) is 0 Å². The van der Waals surface area contributed by atoms with Gasteiger partial charge in [-0.3, -0.25) is 0 Å². The second-order valence-electron chi connectivity index (χ2n) is 3.66. The molecule has 3 nitrogen and oxygen atoms in total. The van der Waals surface area contributed by atoms with E-state index in [-0.39, 0.29) is 17.3 Å². The highest BCUT2D eigenvalue weighted by Gasteiger charge is 2.06. The molecule has 18 heavy (non-hydrogen) atoms. The van der Waals surface area contributed by atoms with Crippen LogP contribution >= 0.6 is 11.6 Å². The van der Waals surface area contributed by atoms with Gasteiger partial charge in [0.2, 0.25) is 0 Å². The van der Waals surface area contributed by atoms with E-state index in [2.05, 4.69) is 10.3 Å². The molecule has 0 bridgehead atoms. The van der Waals surface area contributed by atoms with Crippen LogP contribution in [0.4, 0.5) is 20.3 Å². The Kier molecular flexibility index (Phi) is 3.62. The van der Waals surface area contributed by atoms with Crippen molar-refractivity contribution < 1.29 is 8.78 Å². The van der Waals surface area contributed by atoms with Crippen LogP contribution in [0.3, 0.4) is 0 Å². The van der Waals surface area contributed by atoms with Gasteiger partial charge in [0.25, 0.3) is 0 Å². The van der Waals surface area contributed by atoms with E-state index in [1.807, 2.05) is 0 Å². The summed E-state index contributed by atoms with van der Waals surface area (Å²) >= 11 is 5.71. The molecule has 0 saturated carbocycles. The van der Waals surface area contributed by atoms with Crippen molar-refractivity contribution in [3.8, 4) is 0 Å². The van der Waals surface area contributed by atoms with Gasteiger partial charge in [-0.25, -0.2) is 13.8 Å². The molecule has 2 aromatic rings. The number of benzene rings is 1. The van der Waals surface area contributed by atoms with Crippen molar-refractivity contribution >= 4 is 23.1 Å². The summed E-state index contributed by atoms with van der Waals surface area (Å²) in [5.41, 5.74) is 6.25. The average Bonchev–Trinajstić information content (AvgIpc) is 2.34. The maximum atomic E-state index is 13.4. The van der Waals surface area contributed by atoms with E-state index in [1.54, 1.807) is 12.1 Å². The monoisotopic (exact) mass is 269 g/mol. The number of hydrogen-bond donors (Lipinski definition) is 2. The van der Waals surface area contributed by atoms with Gasteiger partial charge in [0.05, 0.1) is 5.69 Å². The number of nitrogens with two attached hydrogens (primary N) is 1. The van der Waals surface area contributed by atoms with Crippen LogP contribution in [0.1, 0.15) is 5.56 Å². The van der Waals surface area contributed by atoms with Crippen molar-refractivity contribution in [3.63, 3.8) is 0 Å². The maximum absolute atomic E-state index is 13.4. The standard InChI is InChI=1S/C12H10ClF2N3/c13-11-4-3-10(16)12(18-11)17-6-7-5-8(14)1-2-9(7)15/h1-5H,6,16H2,(H,17,18). The lowest BCUT2D eigenvalue weighted by molar-refractivity contribution is 0.587. The molecular weight excluding hydrogens is 260 g/mol. The van der Waals surface area contributed by atoms with Gasteiger partial charge in [0.15, 0.2) is 5.82 Å². The van der Waals surface area contributed by atoms with Crippen molar-refractivity contribution in [3.05, 3.63) is 52.7 Å². The Hall–Kier alpha value is -1.88. The second-order valence-corrected chi connectivity index (χ2v) is 4.05. The van der Waals surface area contributed by atoms with Gasteiger partial charge in [-0.15, -0.1) is 0 Å². The molecule has 94 valence electrons. The molecule has 1 aromatic heterocycles. The van der Waals surface area contributed by atoms with Crippen LogP contribution < -0.4 is 11.1 Å². The zero-order chi connectivity index (χ0) is 13.1. The summed E-state index contributed by atoms with van der Waals surface area (Å²) in [6.07, 6.45) is 0. The normalized spacial score (nSPS) is 10.4. The van der Waals surface area contributed by atoms with Gasteiger partial charge in [-0.05, 0) is 30.3 Å². The third kappa shape index (κ3) is 2.87. The van der Waals surface area contributed by atoms with Crippen LogP contribution in [-0.2, 0) is 6.54 Å². The van der Waals surface area contributed by atoms with Crippen LogP contribution in [0, 0.1) is 11.6 Å². The summed E-state index contributed by atoms with van der Waals surface area (Å²) in [6, 6.07) is 6.37. The van der Waals surface area contributed by atoms with Crippen LogP contribution in [-0.4, -0.2) is 4.98 Å². The molecule has 0 fully saturated rings. The smallest absolute Gasteiger partial charge is 0.151 e. The topological polar surface area (TPSA) is 50.9 Å². The highest BCUT2D eigenvalue weighted by Crippen LogP contribution is 2.19. The number of nitrogens with zero attached hydrogens (tertiary/aromatic N) is 1. The lowest BCUT2D eigenvalue weighted by Crippen LogP contribution is -2.06. The molecule has 0 aliphatic carbocycles. The summed E-state index contributed by atoms with van der Waals surface area (Å²) in [6.45, 7) is 0.0706. The molecule has 1 aromatic carbocycles. The molecule has 0 aliphatic rings. The minimum atomic E-state index is -0.500. The fourth-order valence-electron chi connectivity index (χ4n) is 1.45. The van der Waals surface area contributed by atoms with E-state index >= 15 is 0 Å². The lowest BCUT2D eigenvalue weighted by atomic mass is 10.2. The first kappa shape index (κ1) is 12.6. The molecule has 0 atom stereocenters. The third-order valence-corrected chi connectivity index (χ3v) is 2.56. The Labute approximate surface area is 108 Å². The molecule has 3 N–H and O–H groups in total. The largest absolute Gasteiger partial charge is 0.396 e. The minimum absolute atomic E-state index is 0.0706. The highest BCUT2D eigenvalue weighted by atomic mass is 35.5. The predicted molar refractivity (Wildman–Crippen MR) is 67.3 cm³/mol. The van der Waals surface area contributed by atoms with Gasteiger partial charge in [-0.2, -0.15) is 0 Å². The molecule has 2 rings (SSSR count). The average molecular weight is 270 g/mol. The Morgan fingerprint density at radius 2 is 2.00 bits per heavy atom. The Morgan fingerprint density at radius 3 is 2.78 bits per heavy atom. The molecule has 0 unspecified atom stereocenters. The van der Waals surface area contributed by atoms with Crippen LogP contribution in [0.5, 0.6) is 0 Å². The summed E-state index contributed by atoms with van der Waals surface area (Å²) in [5, 5.41) is 3.08. The number of nitrogens with one attached hydrogen (secondary N) is 1. The number of nitrogen functional groups attached to an aromatic ring is 1. The Morgan fingerprint density at radius 1 is 1.22 bits per heavy atom. The first-order chi connectivity index (χ1) is 8.56. The van der Waals surface area contributed by atoms with Crippen LogP contribution in [0.15, 0.2) is 30.3 Å². The van der Waals surface area contributed by atoms with E-state index in [0.29, 0.717) is 11.5 Å². The van der Waals surface area contributed by atoms with Crippen molar-refractivity contribution in [1.82, 2.24) is 4.98 Å². The summed E-state index contributed by atoms with van der Waals surface area (Å²) in [5.74, 6) is -0.657. The van der Waals surface area contributed by atoms with E-state index in [4.69, 9.17) is 17.3 Å². The second kappa shape index (κ2) is 5.18. The van der Waals surface area contributed by atoms with E-state index in [9.17, 15) is 8.78 Å². The van der Waals surface area contributed by atoms with E-state index < -0.39 is 11.6 Å². The molecule has 0 spiro atoms. The quantitative estimate of drug-likeness (QED) is 0.841. The number of aromatic nitrogens is 1. The number of hydrogen-bond acceptors (Lipinski definition) is 3. The zero-order valence-corrected chi connectivity index (χ0v) is 10.0. The first-order valence-corrected chi connectivity index (χ1v) is 5.54. The van der Waals surface area contributed by atoms with Crippen LogP contribution in [0.25, 0.3) is 0 Å². The van der Waals surface area contributed by atoms with Gasteiger partial charge in [0.1, 0.15) is 16.8 Å². The molecule has 6 heteroatoms. The third-order valence-electron chi connectivity index (χ3n) is 2.35. The van der Waals surface area contributed by atoms with Crippen LogP contribution in [0.2, 0.25) is 5.15 Å². The summed E-state index contributed by atoms with van der Waals surface area (Å²) < 4.78 is 26.3. The fraction of sp³-hybridized carbons (Fsp3) is 0.0833. The molecule has 0 amide bonds. The maximum Gasteiger partial charge on any atom is 0.151 e. The minimum Gasteiger partial charge on any atom is -0.396 e. The van der Waals surface area contributed by atoms with Gasteiger partial charge < -0.3 is 11.1 Å². The lowest BCUT2D eigenvalue weighted by Gasteiger charge is -2.09. The molecule has 0 aliphatic heterocycles. The van der Waals surface area contributed by atoms with Gasteiger partial charge in [-0.1, -0.05) is 11.6 Å². The van der Waals surface area contributed by atoms with E-state index in [0.717, 1.165) is 18.2 Å². The van der Waals surface area contributed by atoms with Crippen molar-refractivity contribution in [2.75, 3.05) is 11.1 Å². The molecule has 0 radical (unpaired) electrons. The Balaban J connectivity index is 2.16. The fourth-order valence-corrected chi connectivity index (χ4v) is 1.59. The zero-order valence-electron chi connectivity index (χ0n) is 9.25. The molecule has 1 heterocycles. The number of rotatable bonds is 3. The SMILES string of the molecule is Nc1ccc(Cl)nc1NCc1cc(F)ccc1F. The van der Waals surface area contributed by atoms with Crippen molar-refractivity contribution in [1.29, 1.82) is 0 Å². The number of halogens is 3. The van der Waals surface area contributed by atoms with Gasteiger partial charge >= 0.3 is 0 Å². The molecule has 0 saturated heterocycles. The van der Waals surface area contributed by atoms with Crippen molar-refractivity contribution in [2.45, 2.75) is 6.54 Å².